The summed E-state index contributed by atoms with van der Waals surface area (Å²) in [5.41, 5.74) is 2.42. The van der Waals surface area contributed by atoms with Gasteiger partial charge in [-0.2, -0.15) is 0 Å². The first-order chi connectivity index (χ1) is 10.1. The SMILES string of the molecule is CN(C)C(=O)c1ccc(-n2cnc3cc(Br)ccc32)nc1. The highest BCUT2D eigenvalue weighted by Gasteiger charge is 2.10. The van der Waals surface area contributed by atoms with Crippen molar-refractivity contribution in [1.82, 2.24) is 19.4 Å². The number of imidazole rings is 1. The van der Waals surface area contributed by atoms with Gasteiger partial charge in [0.15, 0.2) is 0 Å². The van der Waals surface area contributed by atoms with Gasteiger partial charge in [-0.25, -0.2) is 9.97 Å². The Balaban J connectivity index is 2.01. The van der Waals surface area contributed by atoms with E-state index in [0.717, 1.165) is 21.3 Å². The summed E-state index contributed by atoms with van der Waals surface area (Å²) in [5.74, 6) is 0.670. The Morgan fingerprint density at radius 3 is 2.67 bits per heavy atom. The number of nitrogens with zero attached hydrogens (tertiary/aromatic N) is 4. The second kappa shape index (κ2) is 5.29. The molecule has 0 atom stereocenters. The van der Waals surface area contributed by atoms with Crippen LogP contribution in [0.15, 0.2) is 47.3 Å². The predicted octanol–water partition coefficient (Wildman–Crippen LogP) is 2.88. The Morgan fingerprint density at radius 2 is 2.00 bits per heavy atom. The first kappa shape index (κ1) is 13.8. The lowest BCUT2D eigenvalue weighted by Gasteiger charge is -2.10. The van der Waals surface area contributed by atoms with Crippen LogP contribution in [-0.2, 0) is 0 Å². The van der Waals surface area contributed by atoms with E-state index < -0.39 is 0 Å². The molecular formula is C15H13BrN4O. The van der Waals surface area contributed by atoms with E-state index in [1.807, 2.05) is 28.8 Å². The molecule has 6 heteroatoms. The molecule has 0 aliphatic rings. The van der Waals surface area contributed by atoms with Crippen LogP contribution in [0, 0.1) is 0 Å². The summed E-state index contributed by atoms with van der Waals surface area (Å²) in [6, 6.07) is 9.49. The third-order valence-electron chi connectivity index (χ3n) is 3.16. The maximum absolute atomic E-state index is 11.9. The molecule has 0 bridgehead atoms. The lowest BCUT2D eigenvalue weighted by Crippen LogP contribution is -2.21. The Kier molecular flexibility index (Phi) is 3.47. The summed E-state index contributed by atoms with van der Waals surface area (Å²) in [6.07, 6.45) is 3.31. The molecule has 0 fully saturated rings. The van der Waals surface area contributed by atoms with E-state index in [0.29, 0.717) is 5.56 Å². The van der Waals surface area contributed by atoms with Crippen LogP contribution >= 0.6 is 15.9 Å². The normalized spacial score (nSPS) is 10.8. The quantitative estimate of drug-likeness (QED) is 0.718. The molecule has 106 valence electrons. The molecule has 0 unspecified atom stereocenters. The molecule has 1 aromatic carbocycles. The topological polar surface area (TPSA) is 51.0 Å². The summed E-state index contributed by atoms with van der Waals surface area (Å²) in [5, 5.41) is 0. The van der Waals surface area contributed by atoms with Gasteiger partial charge in [-0.05, 0) is 30.3 Å². The fourth-order valence-electron chi connectivity index (χ4n) is 2.08. The monoisotopic (exact) mass is 344 g/mol. The zero-order valence-electron chi connectivity index (χ0n) is 11.6. The average molecular weight is 345 g/mol. The second-order valence-electron chi connectivity index (χ2n) is 4.85. The lowest BCUT2D eigenvalue weighted by molar-refractivity contribution is 0.0827. The van der Waals surface area contributed by atoms with Crippen LogP contribution in [-0.4, -0.2) is 39.4 Å². The number of pyridine rings is 1. The number of hydrogen-bond donors (Lipinski definition) is 0. The van der Waals surface area contributed by atoms with E-state index >= 15 is 0 Å². The molecule has 0 N–H and O–H groups in total. The van der Waals surface area contributed by atoms with Crippen LogP contribution in [0.2, 0.25) is 0 Å². The van der Waals surface area contributed by atoms with Crippen molar-refractivity contribution in [2.45, 2.75) is 0 Å². The van der Waals surface area contributed by atoms with E-state index in [-0.39, 0.29) is 5.91 Å². The molecule has 21 heavy (non-hydrogen) atoms. The molecule has 1 amide bonds. The summed E-state index contributed by atoms with van der Waals surface area (Å²) >= 11 is 3.43. The van der Waals surface area contributed by atoms with E-state index in [1.165, 1.54) is 4.90 Å². The van der Waals surface area contributed by atoms with Crippen LogP contribution in [0.3, 0.4) is 0 Å². The summed E-state index contributed by atoms with van der Waals surface area (Å²) in [7, 11) is 3.44. The highest BCUT2D eigenvalue weighted by atomic mass is 79.9. The first-order valence-corrected chi connectivity index (χ1v) is 7.16. The van der Waals surface area contributed by atoms with Crippen LogP contribution in [0.4, 0.5) is 0 Å². The number of rotatable bonds is 2. The minimum Gasteiger partial charge on any atom is -0.345 e. The lowest BCUT2D eigenvalue weighted by atomic mass is 10.2. The maximum Gasteiger partial charge on any atom is 0.254 e. The maximum atomic E-state index is 11.9. The van der Waals surface area contributed by atoms with Gasteiger partial charge < -0.3 is 4.90 Å². The third kappa shape index (κ3) is 2.54. The number of benzene rings is 1. The summed E-state index contributed by atoms with van der Waals surface area (Å²) in [6.45, 7) is 0. The van der Waals surface area contributed by atoms with Crippen molar-refractivity contribution in [1.29, 1.82) is 0 Å². The molecule has 0 radical (unpaired) electrons. The Morgan fingerprint density at radius 1 is 1.19 bits per heavy atom. The molecule has 5 nitrogen and oxygen atoms in total. The van der Waals surface area contributed by atoms with Crippen molar-refractivity contribution < 1.29 is 4.79 Å². The van der Waals surface area contributed by atoms with Crippen molar-refractivity contribution >= 4 is 32.9 Å². The van der Waals surface area contributed by atoms with Crippen molar-refractivity contribution in [2.24, 2.45) is 0 Å². The summed E-state index contributed by atoms with van der Waals surface area (Å²) < 4.78 is 2.88. The molecule has 0 saturated heterocycles. The van der Waals surface area contributed by atoms with Gasteiger partial charge >= 0.3 is 0 Å². The van der Waals surface area contributed by atoms with Gasteiger partial charge in [-0.3, -0.25) is 9.36 Å². The fourth-order valence-corrected chi connectivity index (χ4v) is 2.43. The number of amides is 1. The van der Waals surface area contributed by atoms with E-state index in [1.54, 1.807) is 32.7 Å². The summed E-state index contributed by atoms with van der Waals surface area (Å²) in [4.78, 5) is 22.1. The minimum absolute atomic E-state index is 0.0616. The van der Waals surface area contributed by atoms with Crippen molar-refractivity contribution in [3.63, 3.8) is 0 Å². The zero-order valence-corrected chi connectivity index (χ0v) is 13.2. The average Bonchev–Trinajstić information content (AvgIpc) is 2.89. The fraction of sp³-hybridized carbons (Fsp3) is 0.133. The highest BCUT2D eigenvalue weighted by molar-refractivity contribution is 9.10. The van der Waals surface area contributed by atoms with Gasteiger partial charge in [0.25, 0.3) is 5.91 Å². The van der Waals surface area contributed by atoms with Gasteiger partial charge in [0, 0.05) is 24.8 Å². The standard InChI is InChI=1S/C15H13BrN4O/c1-19(2)15(21)10-3-6-14(17-8-10)20-9-18-12-7-11(16)4-5-13(12)20/h3-9H,1-2H3. The molecule has 0 spiro atoms. The van der Waals surface area contributed by atoms with E-state index in [4.69, 9.17) is 0 Å². The van der Waals surface area contributed by atoms with Crippen LogP contribution in [0.25, 0.3) is 16.9 Å². The third-order valence-corrected chi connectivity index (χ3v) is 3.65. The smallest absolute Gasteiger partial charge is 0.254 e. The van der Waals surface area contributed by atoms with Crippen LogP contribution in [0.1, 0.15) is 10.4 Å². The highest BCUT2D eigenvalue weighted by Crippen LogP contribution is 2.21. The van der Waals surface area contributed by atoms with E-state index in [9.17, 15) is 4.79 Å². The molecule has 2 heterocycles. The number of fused-ring (bicyclic) bond motifs is 1. The van der Waals surface area contributed by atoms with Gasteiger partial charge in [-0.1, -0.05) is 15.9 Å². The molecule has 0 saturated carbocycles. The Bertz CT molecular complexity index is 808. The number of carbonyl (C=O) groups is 1. The van der Waals surface area contributed by atoms with E-state index in [2.05, 4.69) is 25.9 Å². The predicted molar refractivity (Wildman–Crippen MR) is 84.6 cm³/mol. The zero-order chi connectivity index (χ0) is 15.0. The largest absolute Gasteiger partial charge is 0.345 e. The Hall–Kier alpha value is -2.21. The van der Waals surface area contributed by atoms with Crippen molar-refractivity contribution in [3.8, 4) is 5.82 Å². The number of aromatic nitrogens is 3. The molecule has 3 aromatic rings. The van der Waals surface area contributed by atoms with Crippen molar-refractivity contribution in [2.75, 3.05) is 14.1 Å². The number of halogens is 1. The van der Waals surface area contributed by atoms with Gasteiger partial charge in [0.1, 0.15) is 12.1 Å². The molecular weight excluding hydrogens is 332 g/mol. The van der Waals surface area contributed by atoms with Gasteiger partial charge in [0.2, 0.25) is 0 Å². The minimum atomic E-state index is -0.0616. The van der Waals surface area contributed by atoms with Crippen molar-refractivity contribution in [3.05, 3.63) is 52.9 Å². The van der Waals surface area contributed by atoms with Crippen LogP contribution < -0.4 is 0 Å². The number of hydrogen-bond acceptors (Lipinski definition) is 3. The van der Waals surface area contributed by atoms with Gasteiger partial charge in [0.05, 0.1) is 16.6 Å². The molecule has 2 aromatic heterocycles. The first-order valence-electron chi connectivity index (χ1n) is 6.37. The number of carbonyl (C=O) groups excluding carboxylic acids is 1. The Labute approximate surface area is 130 Å². The van der Waals surface area contributed by atoms with Gasteiger partial charge in [-0.15, -0.1) is 0 Å². The second-order valence-corrected chi connectivity index (χ2v) is 5.77. The van der Waals surface area contributed by atoms with Crippen LogP contribution in [0.5, 0.6) is 0 Å². The molecule has 3 rings (SSSR count). The molecule has 0 aliphatic carbocycles. The molecule has 0 aliphatic heterocycles.